The van der Waals surface area contributed by atoms with Crippen molar-refractivity contribution in [1.82, 2.24) is 5.32 Å². The summed E-state index contributed by atoms with van der Waals surface area (Å²) in [7, 11) is 0. The molecule has 0 bridgehead atoms. The Morgan fingerprint density at radius 3 is 2.32 bits per heavy atom. The summed E-state index contributed by atoms with van der Waals surface area (Å²) >= 11 is 0. The third-order valence-corrected chi connectivity index (χ3v) is 3.10. The van der Waals surface area contributed by atoms with Gasteiger partial charge in [0.25, 0.3) is 0 Å². The molecular weight excluding hydrogens is 238 g/mol. The molecule has 1 amide bonds. The molecule has 0 aromatic heterocycles. The van der Waals surface area contributed by atoms with Crippen molar-refractivity contribution in [2.24, 2.45) is 5.92 Å². The topological polar surface area (TPSA) is 58.4 Å². The zero-order chi connectivity index (χ0) is 14.4. The molecule has 0 saturated carbocycles. The van der Waals surface area contributed by atoms with Gasteiger partial charge in [-0.05, 0) is 44.0 Å². The van der Waals surface area contributed by atoms with Crippen molar-refractivity contribution in [2.45, 2.75) is 33.7 Å². The van der Waals surface area contributed by atoms with Crippen LogP contribution in [-0.2, 0) is 4.79 Å². The predicted molar refractivity (Wildman–Crippen MR) is 81.2 cm³/mol. The minimum atomic E-state index is -0.188. The third-order valence-electron chi connectivity index (χ3n) is 3.10. The van der Waals surface area contributed by atoms with Gasteiger partial charge in [0.05, 0.1) is 0 Å². The zero-order valence-electron chi connectivity index (χ0n) is 12.3. The average Bonchev–Trinajstić information content (AvgIpc) is 2.38. The number of hydrogen-bond donors (Lipinski definition) is 2. The molecule has 1 rings (SSSR count). The van der Waals surface area contributed by atoms with Gasteiger partial charge in [-0.1, -0.05) is 13.8 Å². The lowest BCUT2D eigenvalue weighted by molar-refractivity contribution is -0.122. The van der Waals surface area contributed by atoms with E-state index in [1.807, 2.05) is 38.1 Å². The predicted octanol–water partition coefficient (Wildman–Crippen LogP) is 2.26. The first kappa shape index (κ1) is 15.3. The van der Waals surface area contributed by atoms with Gasteiger partial charge < -0.3 is 16.0 Å². The number of likely N-dealkylation sites (N-methyl/N-ethyl adjacent to an activating group) is 1. The lowest BCUT2D eigenvalue weighted by Crippen LogP contribution is -2.46. The van der Waals surface area contributed by atoms with Crippen molar-refractivity contribution in [3.8, 4) is 0 Å². The molecule has 0 fully saturated rings. The highest BCUT2D eigenvalue weighted by atomic mass is 16.2. The van der Waals surface area contributed by atoms with Crippen molar-refractivity contribution in [2.75, 3.05) is 23.7 Å². The number of nitrogen functional groups attached to an aromatic ring is 1. The summed E-state index contributed by atoms with van der Waals surface area (Å²) in [6, 6.07) is 7.43. The van der Waals surface area contributed by atoms with Gasteiger partial charge in [-0.2, -0.15) is 0 Å². The number of anilines is 2. The molecule has 19 heavy (non-hydrogen) atoms. The summed E-state index contributed by atoms with van der Waals surface area (Å²) < 4.78 is 0. The Kier molecular flexibility index (Phi) is 5.67. The van der Waals surface area contributed by atoms with Gasteiger partial charge in [0.1, 0.15) is 6.04 Å². The lowest BCUT2D eigenvalue weighted by Gasteiger charge is -2.29. The molecular formula is C15H25N3O. The number of hydrogen-bond acceptors (Lipinski definition) is 3. The van der Waals surface area contributed by atoms with Crippen LogP contribution < -0.4 is 16.0 Å². The number of nitrogens with one attached hydrogen (secondary N) is 1. The van der Waals surface area contributed by atoms with Crippen LogP contribution in [0.5, 0.6) is 0 Å². The molecule has 0 spiro atoms. The van der Waals surface area contributed by atoms with Crippen molar-refractivity contribution >= 4 is 17.3 Å². The molecule has 1 atom stereocenters. The molecule has 1 aromatic carbocycles. The monoisotopic (exact) mass is 263 g/mol. The van der Waals surface area contributed by atoms with E-state index >= 15 is 0 Å². The maximum Gasteiger partial charge on any atom is 0.242 e. The van der Waals surface area contributed by atoms with Gasteiger partial charge in [-0.15, -0.1) is 0 Å². The second kappa shape index (κ2) is 7.02. The smallest absolute Gasteiger partial charge is 0.242 e. The SMILES string of the molecule is CCN(c1ccc(N)cc1)C(C)C(=O)NCC(C)C. The molecule has 0 aliphatic rings. The summed E-state index contributed by atoms with van der Waals surface area (Å²) in [6.45, 7) is 9.63. The van der Waals surface area contributed by atoms with Crippen LogP contribution in [0.2, 0.25) is 0 Å². The van der Waals surface area contributed by atoms with Crippen LogP contribution in [0, 0.1) is 5.92 Å². The number of nitrogens with zero attached hydrogens (tertiary/aromatic N) is 1. The largest absolute Gasteiger partial charge is 0.399 e. The van der Waals surface area contributed by atoms with E-state index in [-0.39, 0.29) is 11.9 Å². The second-order valence-corrected chi connectivity index (χ2v) is 5.19. The van der Waals surface area contributed by atoms with E-state index in [0.717, 1.165) is 17.9 Å². The van der Waals surface area contributed by atoms with E-state index in [1.165, 1.54) is 0 Å². The highest BCUT2D eigenvalue weighted by Gasteiger charge is 2.20. The van der Waals surface area contributed by atoms with Gasteiger partial charge in [0.15, 0.2) is 0 Å². The number of nitrogens with two attached hydrogens (primary N) is 1. The van der Waals surface area contributed by atoms with Crippen molar-refractivity contribution < 1.29 is 4.79 Å². The van der Waals surface area contributed by atoms with Gasteiger partial charge in [-0.3, -0.25) is 4.79 Å². The van der Waals surface area contributed by atoms with Gasteiger partial charge >= 0.3 is 0 Å². The molecule has 106 valence electrons. The Hall–Kier alpha value is -1.71. The molecule has 0 heterocycles. The van der Waals surface area contributed by atoms with Crippen LogP contribution in [0.15, 0.2) is 24.3 Å². The van der Waals surface area contributed by atoms with Gasteiger partial charge in [-0.25, -0.2) is 0 Å². The third kappa shape index (κ3) is 4.47. The average molecular weight is 263 g/mol. The molecule has 0 radical (unpaired) electrons. The van der Waals surface area contributed by atoms with E-state index in [9.17, 15) is 4.79 Å². The van der Waals surface area contributed by atoms with Crippen LogP contribution in [-0.4, -0.2) is 25.0 Å². The van der Waals surface area contributed by atoms with E-state index in [4.69, 9.17) is 5.73 Å². The normalized spacial score (nSPS) is 12.3. The van der Waals surface area contributed by atoms with Crippen LogP contribution in [0.3, 0.4) is 0 Å². The molecule has 3 N–H and O–H groups in total. The Morgan fingerprint density at radius 1 is 1.26 bits per heavy atom. The van der Waals surface area contributed by atoms with E-state index in [0.29, 0.717) is 12.5 Å². The summed E-state index contributed by atoms with van der Waals surface area (Å²) in [5.41, 5.74) is 7.44. The molecule has 0 aliphatic heterocycles. The van der Waals surface area contributed by atoms with Crippen LogP contribution in [0.25, 0.3) is 0 Å². The molecule has 4 nitrogen and oxygen atoms in total. The minimum Gasteiger partial charge on any atom is -0.399 e. The van der Waals surface area contributed by atoms with E-state index in [1.54, 1.807) is 0 Å². The van der Waals surface area contributed by atoms with Crippen molar-refractivity contribution in [1.29, 1.82) is 0 Å². The van der Waals surface area contributed by atoms with Crippen LogP contribution in [0.4, 0.5) is 11.4 Å². The fourth-order valence-corrected chi connectivity index (χ4v) is 1.94. The first-order chi connectivity index (χ1) is 8.95. The molecule has 0 aliphatic carbocycles. The van der Waals surface area contributed by atoms with E-state index in [2.05, 4.69) is 24.1 Å². The number of rotatable bonds is 6. The maximum atomic E-state index is 12.1. The summed E-state index contributed by atoms with van der Waals surface area (Å²) in [5, 5.41) is 2.97. The first-order valence-corrected chi connectivity index (χ1v) is 6.85. The Bertz CT molecular complexity index is 400. The molecule has 1 aromatic rings. The van der Waals surface area contributed by atoms with Gasteiger partial charge in [0.2, 0.25) is 5.91 Å². The number of amides is 1. The Morgan fingerprint density at radius 2 is 1.84 bits per heavy atom. The Balaban J connectivity index is 2.73. The maximum absolute atomic E-state index is 12.1. The lowest BCUT2D eigenvalue weighted by atomic mass is 10.2. The minimum absolute atomic E-state index is 0.0624. The standard InChI is InChI=1S/C15H25N3O/c1-5-18(14-8-6-13(16)7-9-14)12(4)15(19)17-10-11(2)3/h6-9,11-12H,5,10,16H2,1-4H3,(H,17,19). The quantitative estimate of drug-likeness (QED) is 0.774. The Labute approximate surface area is 116 Å². The molecule has 0 saturated heterocycles. The highest BCUT2D eigenvalue weighted by Crippen LogP contribution is 2.18. The van der Waals surface area contributed by atoms with E-state index < -0.39 is 0 Å². The summed E-state index contributed by atoms with van der Waals surface area (Å²) in [4.78, 5) is 14.2. The number of benzene rings is 1. The van der Waals surface area contributed by atoms with Crippen molar-refractivity contribution in [3.05, 3.63) is 24.3 Å². The summed E-state index contributed by atoms with van der Waals surface area (Å²) in [6.07, 6.45) is 0. The summed E-state index contributed by atoms with van der Waals surface area (Å²) in [5.74, 6) is 0.523. The first-order valence-electron chi connectivity index (χ1n) is 6.85. The highest BCUT2D eigenvalue weighted by molar-refractivity contribution is 5.84. The molecule has 4 heteroatoms. The van der Waals surface area contributed by atoms with Crippen LogP contribution >= 0.6 is 0 Å². The fraction of sp³-hybridized carbons (Fsp3) is 0.533. The second-order valence-electron chi connectivity index (χ2n) is 5.19. The number of carbonyl (C=O) groups is 1. The van der Waals surface area contributed by atoms with Gasteiger partial charge in [0, 0.05) is 24.5 Å². The fourth-order valence-electron chi connectivity index (χ4n) is 1.94. The zero-order valence-corrected chi connectivity index (χ0v) is 12.3. The molecule has 1 unspecified atom stereocenters. The van der Waals surface area contributed by atoms with Crippen LogP contribution in [0.1, 0.15) is 27.7 Å². The van der Waals surface area contributed by atoms with Crippen molar-refractivity contribution in [3.63, 3.8) is 0 Å². The number of carbonyl (C=O) groups excluding carboxylic acids is 1.